The van der Waals surface area contributed by atoms with Crippen molar-refractivity contribution in [2.75, 3.05) is 4.90 Å². The smallest absolute Gasteiger partial charge is 0.333 e. The van der Waals surface area contributed by atoms with Gasteiger partial charge in [-0.1, -0.05) is 230 Å². The van der Waals surface area contributed by atoms with E-state index in [2.05, 4.69) is 312 Å². The highest BCUT2D eigenvalue weighted by molar-refractivity contribution is 6.90. The molecule has 0 radical (unpaired) electrons. The lowest BCUT2D eigenvalue weighted by Crippen LogP contribution is -2.57. The van der Waals surface area contributed by atoms with Gasteiger partial charge >= 0.3 is 6.85 Å². The van der Waals surface area contributed by atoms with Gasteiger partial charge in [-0.15, -0.1) is 0 Å². The summed E-state index contributed by atoms with van der Waals surface area (Å²) >= 11 is 0. The monoisotopic (exact) mass is 1110 g/mol. The Hall–Kier alpha value is -7.04. The third kappa shape index (κ3) is 9.67. The third-order valence-electron chi connectivity index (χ3n) is 18.7. The van der Waals surface area contributed by atoms with Gasteiger partial charge in [0.25, 0.3) is 0 Å². The van der Waals surface area contributed by atoms with Crippen LogP contribution in [0.2, 0.25) is 0 Å². The fourth-order valence-corrected chi connectivity index (χ4v) is 13.7. The zero-order valence-electron chi connectivity index (χ0n) is 55.0. The molecule has 0 saturated heterocycles. The zero-order valence-corrected chi connectivity index (χ0v) is 55.0. The normalized spacial score (nSPS) is 14.1. The summed E-state index contributed by atoms with van der Waals surface area (Å²) in [5, 5.41) is 3.87. The molecule has 0 saturated carbocycles. The Morgan fingerprint density at radius 3 is 1.42 bits per heavy atom. The SMILES string of the molecule is Cc1cc(C(C)(C)C)ccc1-c1c(-c2ccc(CC(C)(C)C)cc2)n2c3c(cc(C(C)(C)C)cc13)-c1cc(C(C)(C)C)cc3c1B2c1cc2c4cc(C(C)(C)C)ccc4n(-c4ccc(C(C)(C)C)cc4)c2cc1N3c1ccc(C(C)(C)C)cc1. The average Bonchev–Trinajstić information content (AvgIpc) is 1.37. The quantitative estimate of drug-likeness (QED) is 0.157. The van der Waals surface area contributed by atoms with E-state index < -0.39 is 0 Å². The van der Waals surface area contributed by atoms with Gasteiger partial charge in [-0.05, 0) is 184 Å². The lowest BCUT2D eigenvalue weighted by Gasteiger charge is -2.42. The lowest BCUT2D eigenvalue weighted by atomic mass is 9.44. The fourth-order valence-electron chi connectivity index (χ4n) is 13.7. The summed E-state index contributed by atoms with van der Waals surface area (Å²) in [4.78, 5) is 2.66. The maximum absolute atomic E-state index is 2.85. The van der Waals surface area contributed by atoms with Crippen molar-refractivity contribution in [2.45, 2.75) is 191 Å². The molecule has 0 unspecified atom stereocenters. The highest BCUT2D eigenvalue weighted by Gasteiger charge is 2.46. The van der Waals surface area contributed by atoms with Crippen LogP contribution in [-0.4, -0.2) is 15.9 Å². The first-order valence-corrected chi connectivity index (χ1v) is 31.2. The van der Waals surface area contributed by atoms with Crippen molar-refractivity contribution in [3.05, 3.63) is 190 Å². The summed E-state index contributed by atoms with van der Waals surface area (Å²) < 4.78 is 5.41. The van der Waals surface area contributed by atoms with Crippen LogP contribution in [0.4, 0.5) is 17.1 Å². The molecular formula is C80H92BN3. The van der Waals surface area contributed by atoms with Gasteiger partial charge in [-0.3, -0.25) is 0 Å². The van der Waals surface area contributed by atoms with Gasteiger partial charge in [0.05, 0.1) is 11.0 Å². The van der Waals surface area contributed by atoms with Crippen LogP contribution in [0.25, 0.3) is 71.9 Å². The third-order valence-corrected chi connectivity index (χ3v) is 18.7. The molecule has 2 aliphatic rings. The number of benzene rings is 8. The predicted octanol–water partition coefficient (Wildman–Crippen LogP) is 21.2. The van der Waals surface area contributed by atoms with Crippen LogP contribution < -0.4 is 15.8 Å². The number of hydrogen-bond acceptors (Lipinski definition) is 1. The van der Waals surface area contributed by atoms with Crippen LogP contribution in [0.5, 0.6) is 0 Å². The van der Waals surface area contributed by atoms with E-state index in [9.17, 15) is 0 Å². The summed E-state index contributed by atoms with van der Waals surface area (Å²) in [6.45, 7) is 51.6. The second kappa shape index (κ2) is 19.0. The molecule has 4 heteroatoms. The summed E-state index contributed by atoms with van der Waals surface area (Å²) in [5.74, 6) is 0. The number of rotatable bonds is 5. The van der Waals surface area contributed by atoms with E-state index in [4.69, 9.17) is 0 Å². The number of fused-ring (bicyclic) bond motifs is 7. The van der Waals surface area contributed by atoms with E-state index in [1.807, 2.05) is 0 Å². The van der Waals surface area contributed by atoms with Gasteiger partial charge in [0.2, 0.25) is 0 Å². The van der Waals surface area contributed by atoms with Crippen LogP contribution in [0.3, 0.4) is 0 Å². The standard InChI is InChI=1S/C80H92BN3/c1-48-39-53(77(11,12)13)31-37-59(48)70-64-43-55(79(17,18)19)42-63-62-41-56(80(20,21)22)44-69-71(62)81(84(73(63)64)72(70)50-25-23-49(24-26-50)47-74(2,3)4)65-45-61-60-40-54(78(14,15)16)32-38-66(60)82(57-33-27-51(28-34-57)75(5,6)7)67(61)46-68(65)83(69)58-35-29-52(30-36-58)76(8,9)10/h23-46H,47H2,1-22H3. The number of nitrogens with zero attached hydrogens (tertiary/aromatic N) is 3. The minimum Gasteiger partial charge on any atom is -0.375 e. The molecule has 2 aliphatic heterocycles. The molecule has 0 atom stereocenters. The maximum Gasteiger partial charge on any atom is 0.333 e. The molecule has 0 bridgehead atoms. The molecule has 2 aromatic heterocycles. The van der Waals surface area contributed by atoms with E-state index in [1.165, 1.54) is 144 Å². The Kier molecular flexibility index (Phi) is 13.0. The highest BCUT2D eigenvalue weighted by Crippen LogP contribution is 2.53. The Bertz CT molecular complexity index is 4280. The number of hydrogen-bond donors (Lipinski definition) is 0. The summed E-state index contributed by atoms with van der Waals surface area (Å²) in [6.07, 6.45) is 1.01. The average molecular weight is 1110 g/mol. The molecule has 84 heavy (non-hydrogen) atoms. The molecule has 0 amide bonds. The molecule has 0 spiro atoms. The number of aromatic nitrogens is 2. The van der Waals surface area contributed by atoms with Crippen molar-refractivity contribution < 1.29 is 0 Å². The minimum absolute atomic E-state index is 0.00400. The molecule has 430 valence electrons. The summed E-state index contributed by atoms with van der Waals surface area (Å²) in [7, 11) is 0. The Labute approximate surface area is 504 Å². The van der Waals surface area contributed by atoms with Crippen LogP contribution >= 0.6 is 0 Å². The first kappa shape index (κ1) is 57.4. The van der Waals surface area contributed by atoms with Crippen LogP contribution in [0.1, 0.15) is 190 Å². The molecule has 3 nitrogen and oxygen atoms in total. The molecule has 0 fully saturated rings. The largest absolute Gasteiger partial charge is 0.375 e. The van der Waals surface area contributed by atoms with Crippen molar-refractivity contribution in [1.29, 1.82) is 0 Å². The predicted molar refractivity (Wildman–Crippen MR) is 368 cm³/mol. The van der Waals surface area contributed by atoms with Crippen molar-refractivity contribution in [3.8, 4) is 39.2 Å². The highest BCUT2D eigenvalue weighted by atomic mass is 15.2. The molecule has 0 N–H and O–H groups in total. The Morgan fingerprint density at radius 2 is 0.869 bits per heavy atom. The molecule has 10 aromatic rings. The van der Waals surface area contributed by atoms with Crippen molar-refractivity contribution in [2.24, 2.45) is 5.41 Å². The first-order valence-electron chi connectivity index (χ1n) is 31.2. The first-order chi connectivity index (χ1) is 39.0. The molecule has 0 aliphatic carbocycles. The van der Waals surface area contributed by atoms with E-state index >= 15 is 0 Å². The van der Waals surface area contributed by atoms with Crippen LogP contribution in [0.15, 0.2) is 146 Å². The summed E-state index contributed by atoms with van der Waals surface area (Å²) in [5.41, 5.74) is 29.5. The van der Waals surface area contributed by atoms with Crippen LogP contribution in [0, 0.1) is 12.3 Å². The van der Waals surface area contributed by atoms with Crippen molar-refractivity contribution in [3.63, 3.8) is 0 Å². The number of aryl methyl sites for hydroxylation is 1. The van der Waals surface area contributed by atoms with Crippen LogP contribution in [-0.2, 0) is 38.9 Å². The number of anilines is 3. The second-order valence-electron chi connectivity index (χ2n) is 32.8. The fraction of sp³-hybridized carbons (Fsp3) is 0.375. The minimum atomic E-state index is -0.188. The Morgan fingerprint density at radius 1 is 0.381 bits per heavy atom. The summed E-state index contributed by atoms with van der Waals surface area (Å²) in [6, 6.07) is 58.9. The molecule has 8 aromatic carbocycles. The molecule has 4 heterocycles. The Balaban J connectivity index is 1.30. The van der Waals surface area contributed by atoms with Gasteiger partial charge in [0.15, 0.2) is 0 Å². The van der Waals surface area contributed by atoms with Gasteiger partial charge in [0, 0.05) is 61.2 Å². The molecular weight excluding hydrogens is 1010 g/mol. The van der Waals surface area contributed by atoms with E-state index in [0.29, 0.717) is 0 Å². The van der Waals surface area contributed by atoms with Gasteiger partial charge in [-0.2, -0.15) is 0 Å². The van der Waals surface area contributed by atoms with Gasteiger partial charge in [0.1, 0.15) is 0 Å². The van der Waals surface area contributed by atoms with Crippen molar-refractivity contribution in [1.82, 2.24) is 9.05 Å². The van der Waals surface area contributed by atoms with Gasteiger partial charge in [-0.25, -0.2) is 0 Å². The lowest BCUT2D eigenvalue weighted by molar-refractivity contribution is 0.411. The van der Waals surface area contributed by atoms with E-state index in [-0.39, 0.29) is 44.8 Å². The second-order valence-corrected chi connectivity index (χ2v) is 32.8. The van der Waals surface area contributed by atoms with E-state index in [1.54, 1.807) is 0 Å². The maximum atomic E-state index is 2.85. The van der Waals surface area contributed by atoms with Crippen molar-refractivity contribution >= 4 is 67.5 Å². The topological polar surface area (TPSA) is 13.1 Å². The van der Waals surface area contributed by atoms with E-state index in [0.717, 1.165) is 6.42 Å². The zero-order chi connectivity index (χ0) is 60.5. The molecule has 12 rings (SSSR count). The van der Waals surface area contributed by atoms with Gasteiger partial charge < -0.3 is 13.9 Å².